The lowest BCUT2D eigenvalue weighted by Gasteiger charge is -2.32. The van der Waals surface area contributed by atoms with E-state index < -0.39 is 36.1 Å². The molecule has 0 aliphatic carbocycles. The molecule has 2 amide bonds. The molecule has 0 saturated carbocycles. The van der Waals surface area contributed by atoms with E-state index in [-0.39, 0.29) is 18.2 Å². The number of amides is 2. The van der Waals surface area contributed by atoms with Gasteiger partial charge in [0.25, 0.3) is 5.91 Å². The van der Waals surface area contributed by atoms with Gasteiger partial charge in [-0.3, -0.25) is 4.79 Å². The number of halogens is 1. The van der Waals surface area contributed by atoms with Crippen LogP contribution in [0.5, 0.6) is 0 Å². The number of likely N-dealkylation sites (tertiary alicyclic amines) is 1. The van der Waals surface area contributed by atoms with Crippen molar-refractivity contribution in [1.82, 2.24) is 10.2 Å². The second kappa shape index (κ2) is 6.80. The molecule has 2 fully saturated rings. The summed E-state index contributed by atoms with van der Waals surface area (Å²) in [4.78, 5) is 24.5. The van der Waals surface area contributed by atoms with Crippen LogP contribution in [0, 0.1) is 5.82 Å². The van der Waals surface area contributed by atoms with Crippen LogP contribution in [0.2, 0.25) is 0 Å². The molecule has 0 spiro atoms. The minimum atomic E-state index is -1.02. The van der Waals surface area contributed by atoms with Crippen LogP contribution in [-0.2, 0) is 9.31 Å². The van der Waals surface area contributed by atoms with Crippen molar-refractivity contribution in [3.05, 3.63) is 29.6 Å². The van der Waals surface area contributed by atoms with Crippen LogP contribution >= 0.6 is 0 Å². The van der Waals surface area contributed by atoms with E-state index in [1.54, 1.807) is 6.07 Å². The average Bonchev–Trinajstić information content (AvgIpc) is 3.09. The highest BCUT2D eigenvalue weighted by Gasteiger charge is 2.51. The first kappa shape index (κ1) is 19.6. The smallest absolute Gasteiger partial charge is 0.465 e. The molecule has 2 heterocycles. The van der Waals surface area contributed by atoms with Crippen molar-refractivity contribution >= 4 is 24.6 Å². The van der Waals surface area contributed by atoms with Gasteiger partial charge in [-0.25, -0.2) is 9.18 Å². The lowest BCUT2D eigenvalue weighted by atomic mass is 9.78. The molecule has 27 heavy (non-hydrogen) atoms. The summed E-state index contributed by atoms with van der Waals surface area (Å²) >= 11 is 0. The van der Waals surface area contributed by atoms with Crippen LogP contribution < -0.4 is 10.8 Å². The number of carbonyl (C=O) groups excluding carboxylic acids is 1. The molecule has 2 saturated heterocycles. The van der Waals surface area contributed by atoms with E-state index in [0.29, 0.717) is 18.4 Å². The predicted octanol–water partition coefficient (Wildman–Crippen LogP) is 1.61. The summed E-state index contributed by atoms with van der Waals surface area (Å²) in [5.74, 6) is -1.24. The summed E-state index contributed by atoms with van der Waals surface area (Å²) in [6, 6.07) is 3.93. The first-order valence-corrected chi connectivity index (χ1v) is 8.94. The summed E-state index contributed by atoms with van der Waals surface area (Å²) in [6.45, 7) is 8.19. The van der Waals surface area contributed by atoms with Crippen LogP contribution in [0.15, 0.2) is 18.2 Å². The third-order valence-electron chi connectivity index (χ3n) is 5.56. The van der Waals surface area contributed by atoms with Gasteiger partial charge >= 0.3 is 13.2 Å². The number of nitrogens with one attached hydrogen (secondary N) is 1. The van der Waals surface area contributed by atoms with E-state index in [1.807, 2.05) is 27.7 Å². The van der Waals surface area contributed by atoms with E-state index in [1.165, 1.54) is 17.0 Å². The zero-order valence-corrected chi connectivity index (χ0v) is 15.9. The molecule has 0 unspecified atom stereocenters. The van der Waals surface area contributed by atoms with Gasteiger partial charge in [0.15, 0.2) is 0 Å². The van der Waals surface area contributed by atoms with Crippen molar-refractivity contribution < 1.29 is 28.4 Å². The molecule has 2 aliphatic heterocycles. The minimum Gasteiger partial charge on any atom is -0.465 e. The molecule has 7 nitrogen and oxygen atoms in total. The Hall–Kier alpha value is -2.13. The Bertz CT molecular complexity index is 754. The molecule has 1 aromatic rings. The first-order valence-electron chi connectivity index (χ1n) is 8.94. The summed E-state index contributed by atoms with van der Waals surface area (Å²) < 4.78 is 26.3. The average molecular weight is 378 g/mol. The maximum Gasteiger partial charge on any atom is 0.494 e. The fourth-order valence-corrected chi connectivity index (χ4v) is 3.16. The van der Waals surface area contributed by atoms with Crippen molar-refractivity contribution in [3.8, 4) is 0 Å². The summed E-state index contributed by atoms with van der Waals surface area (Å²) in [6.07, 6.45) is -0.518. The van der Waals surface area contributed by atoms with Crippen molar-refractivity contribution in [3.63, 3.8) is 0 Å². The number of nitrogens with zero attached hydrogens (tertiary/aromatic N) is 1. The number of carbonyl (C=O) groups is 2. The Labute approximate surface area is 158 Å². The number of carboxylic acid groups (broad SMARTS) is 1. The number of benzene rings is 1. The third-order valence-corrected chi connectivity index (χ3v) is 5.56. The van der Waals surface area contributed by atoms with Crippen molar-refractivity contribution in [2.75, 3.05) is 13.1 Å². The third kappa shape index (κ3) is 3.79. The van der Waals surface area contributed by atoms with E-state index in [4.69, 9.17) is 14.4 Å². The van der Waals surface area contributed by atoms with Gasteiger partial charge in [0.1, 0.15) is 5.82 Å². The highest BCUT2D eigenvalue weighted by atomic mass is 19.1. The Morgan fingerprint density at radius 3 is 2.41 bits per heavy atom. The second-order valence-corrected chi connectivity index (χ2v) is 8.02. The van der Waals surface area contributed by atoms with Crippen molar-refractivity contribution in [2.24, 2.45) is 0 Å². The molecule has 146 valence electrons. The van der Waals surface area contributed by atoms with Crippen molar-refractivity contribution in [2.45, 2.75) is 51.4 Å². The minimum absolute atomic E-state index is 0.0935. The maximum absolute atomic E-state index is 14.5. The first-order chi connectivity index (χ1) is 12.5. The van der Waals surface area contributed by atoms with Gasteiger partial charge in [0.2, 0.25) is 0 Å². The monoisotopic (exact) mass is 378 g/mol. The van der Waals surface area contributed by atoms with E-state index in [9.17, 15) is 14.0 Å². The quantitative estimate of drug-likeness (QED) is 0.781. The van der Waals surface area contributed by atoms with Gasteiger partial charge in [-0.2, -0.15) is 0 Å². The Morgan fingerprint density at radius 1 is 1.26 bits per heavy atom. The van der Waals surface area contributed by atoms with Gasteiger partial charge in [-0.1, -0.05) is 6.07 Å². The maximum atomic E-state index is 14.5. The van der Waals surface area contributed by atoms with Crippen LogP contribution in [0.1, 0.15) is 44.5 Å². The number of hydrogen-bond acceptors (Lipinski definition) is 4. The Kier molecular flexibility index (Phi) is 4.94. The molecule has 2 N–H and O–H groups in total. The van der Waals surface area contributed by atoms with Crippen LogP contribution in [-0.4, -0.2) is 59.5 Å². The van der Waals surface area contributed by atoms with E-state index in [2.05, 4.69) is 5.32 Å². The predicted molar refractivity (Wildman–Crippen MR) is 97.6 cm³/mol. The molecular formula is C18H24BFN2O5. The zero-order chi connectivity index (χ0) is 20.0. The summed E-state index contributed by atoms with van der Waals surface area (Å²) in [5.41, 5.74) is -0.671. The van der Waals surface area contributed by atoms with E-state index in [0.717, 1.165) is 0 Å². The lowest BCUT2D eigenvalue weighted by molar-refractivity contribution is 0.00578. The number of rotatable bonds is 3. The van der Waals surface area contributed by atoms with Crippen LogP contribution in [0.25, 0.3) is 0 Å². The molecule has 3 rings (SSSR count). The standard InChI is InChI=1S/C18H24BFN2O5/c1-17(2)18(3,4)27-19(26-17)11-5-6-13(14(20)9-11)15(23)21-12-7-8-22(10-12)16(24)25/h5-6,9,12H,7-8,10H2,1-4H3,(H,21,23)(H,24,25)/t12-/m1/s1. The Balaban J connectivity index is 1.69. The van der Waals surface area contributed by atoms with Gasteiger partial charge in [0, 0.05) is 19.1 Å². The largest absolute Gasteiger partial charge is 0.494 e. The highest BCUT2D eigenvalue weighted by Crippen LogP contribution is 2.36. The SMILES string of the molecule is CC1(C)OB(c2ccc(C(=O)N[C@@H]3CCN(C(=O)O)C3)c(F)c2)OC1(C)C. The van der Waals surface area contributed by atoms with Crippen LogP contribution in [0.4, 0.5) is 9.18 Å². The summed E-state index contributed by atoms with van der Waals surface area (Å²) in [5, 5.41) is 11.7. The van der Waals surface area contributed by atoms with Gasteiger partial charge in [0.05, 0.1) is 16.8 Å². The molecule has 1 aromatic carbocycles. The van der Waals surface area contributed by atoms with E-state index >= 15 is 0 Å². The molecule has 9 heteroatoms. The normalized spacial score (nSPS) is 23.5. The highest BCUT2D eigenvalue weighted by molar-refractivity contribution is 6.62. The molecule has 1 atom stereocenters. The lowest BCUT2D eigenvalue weighted by Crippen LogP contribution is -2.41. The van der Waals surface area contributed by atoms with Crippen LogP contribution in [0.3, 0.4) is 0 Å². The molecule has 0 aromatic heterocycles. The summed E-state index contributed by atoms with van der Waals surface area (Å²) in [7, 11) is -0.708. The molecule has 2 aliphatic rings. The van der Waals surface area contributed by atoms with Gasteiger partial charge in [-0.05, 0) is 51.7 Å². The second-order valence-electron chi connectivity index (χ2n) is 8.02. The molecule has 0 bridgehead atoms. The molecular weight excluding hydrogens is 354 g/mol. The Morgan fingerprint density at radius 2 is 1.89 bits per heavy atom. The van der Waals surface area contributed by atoms with Gasteiger partial charge in [-0.15, -0.1) is 0 Å². The van der Waals surface area contributed by atoms with Gasteiger partial charge < -0.3 is 24.6 Å². The zero-order valence-electron chi connectivity index (χ0n) is 15.9. The fourth-order valence-electron chi connectivity index (χ4n) is 3.16. The topological polar surface area (TPSA) is 88.1 Å². The number of hydrogen-bond donors (Lipinski definition) is 2. The molecule has 0 radical (unpaired) electrons. The fraction of sp³-hybridized carbons (Fsp3) is 0.556. The van der Waals surface area contributed by atoms with Crippen molar-refractivity contribution in [1.29, 1.82) is 0 Å².